The second-order valence-electron chi connectivity index (χ2n) is 38.8. The SMILES string of the molecule is C1=c2cc3c(cc2CCC1)=Cc1cc2c(cc1O3)CCCC2.C1=c2cc3c4c(c2Oc2c1cc1c5c2CCCN5CCC1)CCC[N+]=4CCC3.C1=c2ccc3c(c2Oc2c1ccc1c2CCN1)CC[NH+]=3.Cc1ccc2c(c1)Oc1c3c(ccc1=C2)=[NH+]CC3.Cc1ccc2c(c1)Oc1c3c4c(cc1=C2)CCC[N+]=4CCC3.Cc1ccc2c(c1)Oc1cc3c(cc1=C2)CCCC=3. The van der Waals surface area contributed by atoms with E-state index in [4.69, 9.17) is 28.4 Å². The van der Waals surface area contributed by atoms with E-state index in [1.165, 1.54) is 359 Å². The summed E-state index contributed by atoms with van der Waals surface area (Å²) in [4.78, 5) is 9.43. The minimum Gasteiger partial charge on any atom is -0.456 e. The van der Waals surface area contributed by atoms with Crippen molar-refractivity contribution in [2.24, 2.45) is 0 Å². The highest BCUT2D eigenvalue weighted by Crippen LogP contribution is 2.47. The predicted molar refractivity (Wildman–Crippen MR) is 514 cm³/mol. The summed E-state index contributed by atoms with van der Waals surface area (Å²) in [7, 11) is 0. The van der Waals surface area contributed by atoms with Crippen LogP contribution in [0.5, 0.6) is 69.0 Å². The maximum absolute atomic E-state index is 6.83. The van der Waals surface area contributed by atoms with Crippen LogP contribution in [-0.4, -0.2) is 58.9 Å². The van der Waals surface area contributed by atoms with Gasteiger partial charge < -0.3 is 38.6 Å². The molecule has 0 saturated heterocycles. The number of ether oxygens (including phenoxy) is 6. The van der Waals surface area contributed by atoms with E-state index in [0.717, 1.165) is 116 Å². The van der Waals surface area contributed by atoms with Crippen molar-refractivity contribution in [1.82, 2.24) is 9.15 Å². The lowest BCUT2D eigenvalue weighted by Gasteiger charge is -2.38. The van der Waals surface area contributed by atoms with Gasteiger partial charge in [-0.1, -0.05) is 48.6 Å². The Morgan fingerprint density at radius 1 is 0.287 bits per heavy atom. The molecule has 15 heterocycles. The van der Waals surface area contributed by atoms with E-state index in [1.54, 1.807) is 11.1 Å². The first kappa shape index (κ1) is 78.5. The van der Waals surface area contributed by atoms with Gasteiger partial charge in [0.2, 0.25) is 21.4 Å². The third-order valence-electron chi connectivity index (χ3n) is 30.1. The summed E-state index contributed by atoms with van der Waals surface area (Å²) in [5.41, 5.74) is 32.8. The van der Waals surface area contributed by atoms with Gasteiger partial charge in [0.05, 0.1) is 22.3 Å². The minimum atomic E-state index is 0.975. The van der Waals surface area contributed by atoms with E-state index >= 15 is 0 Å². The van der Waals surface area contributed by atoms with Gasteiger partial charge in [0.15, 0.2) is 0 Å². The second kappa shape index (κ2) is 32.4. The van der Waals surface area contributed by atoms with Crippen LogP contribution in [0.1, 0.15) is 199 Å². The van der Waals surface area contributed by atoms with Gasteiger partial charge in [-0.15, -0.1) is 0 Å². The fourth-order valence-corrected chi connectivity index (χ4v) is 23.9. The topological polar surface area (TPSA) is 105 Å². The van der Waals surface area contributed by atoms with Gasteiger partial charge in [-0.05, 0) is 331 Å². The lowest BCUT2D eigenvalue weighted by molar-refractivity contribution is -0.490. The van der Waals surface area contributed by atoms with Crippen molar-refractivity contribution in [1.29, 1.82) is 0 Å². The minimum absolute atomic E-state index is 0.975. The lowest BCUT2D eigenvalue weighted by Crippen LogP contribution is -2.73. The Morgan fingerprint density at radius 3 is 1.33 bits per heavy atom. The summed E-state index contributed by atoms with van der Waals surface area (Å²) in [5.74, 6) is 12.6. The smallest absolute Gasteiger partial charge is 0.210 e. The van der Waals surface area contributed by atoms with Crippen LogP contribution < -0.4 is 121 Å². The zero-order valence-corrected chi connectivity index (χ0v) is 74.8. The van der Waals surface area contributed by atoms with Crippen molar-refractivity contribution >= 4 is 60.0 Å². The molecule has 12 heteroatoms. The van der Waals surface area contributed by atoms with Gasteiger partial charge in [0.25, 0.3) is 0 Å². The molecule has 0 aromatic heterocycles. The van der Waals surface area contributed by atoms with Gasteiger partial charge in [-0.2, -0.15) is 0 Å². The molecular weight excluding hydrogens is 1590 g/mol. The van der Waals surface area contributed by atoms with E-state index in [0.29, 0.717) is 0 Å². The molecule has 0 atom stereocenters. The molecule has 30 rings (SSSR count). The van der Waals surface area contributed by atoms with E-state index in [-0.39, 0.29) is 0 Å². The van der Waals surface area contributed by atoms with Gasteiger partial charge in [-0.3, -0.25) is 0 Å². The first-order valence-corrected chi connectivity index (χ1v) is 48.7. The maximum atomic E-state index is 6.83. The zero-order chi connectivity index (χ0) is 85.5. The van der Waals surface area contributed by atoms with E-state index in [2.05, 4.69) is 244 Å². The van der Waals surface area contributed by atoms with E-state index in [1.807, 2.05) is 0 Å². The Balaban J connectivity index is 0.0000000843. The first-order valence-electron chi connectivity index (χ1n) is 48.7. The predicted octanol–water partition coefficient (Wildman–Crippen LogP) is 11.7. The van der Waals surface area contributed by atoms with E-state index < -0.39 is 0 Å². The van der Waals surface area contributed by atoms with Crippen LogP contribution in [0.4, 0.5) is 11.4 Å². The monoisotopic (exact) mass is 1700 g/mol. The van der Waals surface area contributed by atoms with Crippen LogP contribution >= 0.6 is 0 Å². The molecule has 642 valence electrons. The van der Waals surface area contributed by atoms with Crippen molar-refractivity contribution in [3.63, 3.8) is 0 Å². The first-order chi connectivity index (χ1) is 63.5. The number of fused-ring (bicyclic) bond motifs is 24. The van der Waals surface area contributed by atoms with Crippen LogP contribution in [-0.2, 0) is 83.5 Å². The van der Waals surface area contributed by atoms with Crippen molar-refractivity contribution in [2.45, 2.75) is 181 Å². The molecule has 3 aliphatic carbocycles. The van der Waals surface area contributed by atoms with Gasteiger partial charge in [-0.25, -0.2) is 19.1 Å². The Bertz CT molecular complexity index is 7740. The molecule has 12 aromatic carbocycles. The zero-order valence-electron chi connectivity index (χ0n) is 74.8. The molecular formula is C117H112N6O6+4. The van der Waals surface area contributed by atoms with Gasteiger partial charge in [0, 0.05) is 169 Å². The van der Waals surface area contributed by atoms with Gasteiger partial charge >= 0.3 is 0 Å². The summed E-state index contributed by atoms with van der Waals surface area (Å²) in [6, 6.07) is 53.1. The van der Waals surface area contributed by atoms with Crippen LogP contribution in [0.25, 0.3) is 48.6 Å². The fraction of sp³-hybridized carbons (Fsp3) is 0.316. The average Bonchev–Trinajstić information content (AvgIpc) is 0.732. The van der Waals surface area contributed by atoms with Crippen molar-refractivity contribution < 1.29 is 38.4 Å². The number of nitrogens with one attached hydrogen (secondary N) is 3. The normalized spacial score (nSPS) is 17.5. The standard InChI is InChI=1S/C25H27N2O.C21H20O.C20H20NO.C18H16O.C17H14N2O.C16H13NO/c1-5-16-13-18-15-19-14-17-6-2-10-27-12-4-8-21(23(17)27)25(19)28-24(18)20-7-3-11-26(9-1)22(16)20;1-3-7-16-12-20-18(9-14(16)5-1)11-19-10-15-6-2-4-8-17(15)13-21(19)22-20;1-13-6-7-14-11-16-12-15-4-2-8-21-9-3-5-17(19(15)21)20(16)22-18(14)10-13;1-12-6-7-15-10-16-9-13-4-2-3-5-14(13)11-18(16)19-17(15)8-12;1-3-14-12(5-7-18-14)16-10(1)9-11-2-4-15-13(6-8-19-15)17(11)20-16;1-10-2-3-11-9-12-4-5-14-13(6-7-17-14)16(12)18-15(11)8-10/h13-15H,1-12H2;7,9-13H,1-6,8H2;6-7,10-12H,2-5,8-9H2,1H3;5-11H,2-4H2,1H3;1-4,9,18H,5-8H2;2-5,8-9H,6-7H2,1H3/q+1;;+1;;;/p+2. The molecule has 12 aromatic rings. The molecule has 0 bridgehead atoms. The molecule has 0 radical (unpaired) electrons. The summed E-state index contributed by atoms with van der Waals surface area (Å²) in [5, 5.41) is 19.0. The highest BCUT2D eigenvalue weighted by atomic mass is 16.5. The van der Waals surface area contributed by atoms with Crippen molar-refractivity contribution in [2.75, 3.05) is 69.1 Å². The number of aryl methyl sites for hydroxylation is 10. The van der Waals surface area contributed by atoms with Crippen LogP contribution in [0, 0.1) is 20.8 Å². The molecule has 15 aliphatic heterocycles. The highest BCUT2D eigenvalue weighted by molar-refractivity contribution is 5.79. The number of hydrogen-bond donors (Lipinski definition) is 3. The third-order valence-corrected chi connectivity index (χ3v) is 30.1. The molecule has 129 heavy (non-hydrogen) atoms. The Morgan fingerprint density at radius 2 is 0.729 bits per heavy atom. The summed E-state index contributed by atoms with van der Waals surface area (Å²) in [6.07, 6.45) is 48.7. The summed E-state index contributed by atoms with van der Waals surface area (Å²) in [6.45, 7) is 16.6. The highest BCUT2D eigenvalue weighted by Gasteiger charge is 2.36. The maximum Gasteiger partial charge on any atom is 0.210 e. The molecule has 0 unspecified atom stereocenters. The third kappa shape index (κ3) is 14.4. The van der Waals surface area contributed by atoms with Crippen molar-refractivity contribution in [3.8, 4) is 69.0 Å². The van der Waals surface area contributed by atoms with Crippen LogP contribution in [0.3, 0.4) is 0 Å². The van der Waals surface area contributed by atoms with E-state index in [9.17, 15) is 0 Å². The molecule has 0 amide bonds. The largest absolute Gasteiger partial charge is 0.456 e. The Labute approximate surface area is 753 Å². The van der Waals surface area contributed by atoms with Crippen LogP contribution in [0.2, 0.25) is 0 Å². The van der Waals surface area contributed by atoms with Crippen molar-refractivity contribution in [3.05, 3.63) is 331 Å². The molecule has 18 aliphatic rings. The number of hydrogen-bond acceptors (Lipinski definition) is 8. The summed E-state index contributed by atoms with van der Waals surface area (Å²) >= 11 is 0. The number of benzene rings is 12. The Hall–Kier alpha value is -12.8. The molecule has 0 spiro atoms. The number of anilines is 2. The molecule has 0 fully saturated rings. The molecule has 12 nitrogen and oxygen atoms in total. The number of nitrogens with zero attached hydrogens (tertiary/aromatic N) is 3. The van der Waals surface area contributed by atoms with Crippen LogP contribution in [0.15, 0.2) is 146 Å². The Kier molecular flexibility index (Phi) is 19.7. The summed E-state index contributed by atoms with van der Waals surface area (Å²) < 4.78 is 43.2. The quantitative estimate of drug-likeness (QED) is 0.129. The lowest BCUT2D eigenvalue weighted by atomic mass is 9.87. The van der Waals surface area contributed by atoms with Gasteiger partial charge in [0.1, 0.15) is 108 Å². The fourth-order valence-electron chi connectivity index (χ4n) is 23.9. The molecule has 3 N–H and O–H groups in total. The number of rotatable bonds is 0. The molecule has 0 saturated carbocycles. The average molecular weight is 1700 g/mol. The second-order valence-corrected chi connectivity index (χ2v) is 38.8.